The van der Waals surface area contributed by atoms with Gasteiger partial charge < -0.3 is 10.6 Å². The predicted octanol–water partition coefficient (Wildman–Crippen LogP) is 2.89. The summed E-state index contributed by atoms with van der Waals surface area (Å²) < 4.78 is 12.8. The normalized spacial score (nSPS) is 10.5. The molecule has 2 N–H and O–H groups in total. The Morgan fingerprint density at radius 1 is 1.04 bits per heavy atom. The Labute approximate surface area is 138 Å². The van der Waals surface area contributed by atoms with E-state index in [9.17, 15) is 9.18 Å². The maximum Gasteiger partial charge on any atom is 0.222 e. The number of fused-ring (bicyclic) bond motifs is 1. The molecule has 0 aliphatic carbocycles. The van der Waals surface area contributed by atoms with Gasteiger partial charge in [0, 0.05) is 24.9 Å². The van der Waals surface area contributed by atoms with E-state index in [-0.39, 0.29) is 11.7 Å². The van der Waals surface area contributed by atoms with Crippen molar-refractivity contribution in [1.29, 1.82) is 0 Å². The maximum atomic E-state index is 12.8. The quantitative estimate of drug-likeness (QED) is 0.732. The average molecular weight is 324 g/mol. The summed E-state index contributed by atoms with van der Waals surface area (Å²) in [6, 6.07) is 13.8. The summed E-state index contributed by atoms with van der Waals surface area (Å²) in [5.41, 5.74) is 1.72. The third-order valence-electron chi connectivity index (χ3n) is 3.59. The van der Waals surface area contributed by atoms with E-state index in [2.05, 4.69) is 20.6 Å². The van der Waals surface area contributed by atoms with Crippen LogP contribution in [-0.2, 0) is 11.3 Å². The number of nitrogens with one attached hydrogen (secondary N) is 2. The smallest absolute Gasteiger partial charge is 0.222 e. The first-order valence-electron chi connectivity index (χ1n) is 7.67. The van der Waals surface area contributed by atoms with Crippen molar-refractivity contribution in [2.45, 2.75) is 13.0 Å². The van der Waals surface area contributed by atoms with E-state index in [0.717, 1.165) is 16.5 Å². The van der Waals surface area contributed by atoms with Gasteiger partial charge in [0.2, 0.25) is 5.91 Å². The second-order valence-corrected chi connectivity index (χ2v) is 5.32. The van der Waals surface area contributed by atoms with Gasteiger partial charge in [-0.1, -0.05) is 24.3 Å². The fourth-order valence-corrected chi connectivity index (χ4v) is 2.33. The van der Waals surface area contributed by atoms with Crippen molar-refractivity contribution in [3.63, 3.8) is 0 Å². The summed E-state index contributed by atoms with van der Waals surface area (Å²) in [6.07, 6.45) is 1.82. The molecular formula is C18H17FN4O. The fraction of sp³-hybridized carbons (Fsp3) is 0.167. The van der Waals surface area contributed by atoms with E-state index in [4.69, 9.17) is 0 Å². The maximum absolute atomic E-state index is 12.8. The van der Waals surface area contributed by atoms with E-state index in [0.29, 0.717) is 25.3 Å². The largest absolute Gasteiger partial charge is 0.369 e. The highest BCUT2D eigenvalue weighted by molar-refractivity contribution is 5.88. The molecular weight excluding hydrogens is 307 g/mol. The minimum atomic E-state index is -0.286. The molecule has 3 rings (SSSR count). The average Bonchev–Trinajstić information content (AvgIpc) is 2.61. The second-order valence-electron chi connectivity index (χ2n) is 5.32. The van der Waals surface area contributed by atoms with Crippen molar-refractivity contribution in [3.8, 4) is 0 Å². The van der Waals surface area contributed by atoms with Gasteiger partial charge in [-0.15, -0.1) is 0 Å². The van der Waals surface area contributed by atoms with Gasteiger partial charge >= 0.3 is 0 Å². The number of aromatic nitrogens is 2. The van der Waals surface area contributed by atoms with Gasteiger partial charge in [-0.3, -0.25) is 4.79 Å². The number of nitrogens with zero attached hydrogens (tertiary/aromatic N) is 2. The first-order valence-corrected chi connectivity index (χ1v) is 7.67. The number of carbonyl (C=O) groups excluding carboxylic acids is 1. The molecule has 5 nitrogen and oxygen atoms in total. The van der Waals surface area contributed by atoms with Crippen LogP contribution in [0.4, 0.5) is 10.2 Å². The number of halogens is 1. The van der Waals surface area contributed by atoms with E-state index >= 15 is 0 Å². The van der Waals surface area contributed by atoms with Crippen molar-refractivity contribution in [3.05, 3.63) is 66.2 Å². The van der Waals surface area contributed by atoms with Crippen LogP contribution in [-0.4, -0.2) is 22.4 Å². The van der Waals surface area contributed by atoms with Crippen LogP contribution in [0.5, 0.6) is 0 Å². The Morgan fingerprint density at radius 2 is 1.83 bits per heavy atom. The molecule has 1 heterocycles. The number of rotatable bonds is 6. The van der Waals surface area contributed by atoms with Gasteiger partial charge in [0.15, 0.2) is 0 Å². The molecule has 122 valence electrons. The van der Waals surface area contributed by atoms with Crippen LogP contribution in [0.3, 0.4) is 0 Å². The molecule has 0 bridgehead atoms. The van der Waals surface area contributed by atoms with Crippen LogP contribution < -0.4 is 10.6 Å². The molecule has 0 aliphatic heterocycles. The molecule has 0 unspecified atom stereocenters. The van der Waals surface area contributed by atoms with Crippen molar-refractivity contribution in [2.24, 2.45) is 0 Å². The lowest BCUT2D eigenvalue weighted by atomic mass is 10.2. The zero-order valence-electron chi connectivity index (χ0n) is 13.0. The summed E-state index contributed by atoms with van der Waals surface area (Å²) in [4.78, 5) is 20.3. The molecule has 0 spiro atoms. The molecule has 0 saturated heterocycles. The summed E-state index contributed by atoms with van der Waals surface area (Å²) in [7, 11) is 0. The number of para-hydroxylation sites is 1. The third kappa shape index (κ3) is 4.04. The van der Waals surface area contributed by atoms with Crippen LogP contribution in [0.1, 0.15) is 12.0 Å². The van der Waals surface area contributed by atoms with Crippen LogP contribution in [0.25, 0.3) is 10.9 Å². The summed E-state index contributed by atoms with van der Waals surface area (Å²) >= 11 is 0. The number of amides is 1. The van der Waals surface area contributed by atoms with Gasteiger partial charge in [-0.2, -0.15) is 0 Å². The molecule has 1 aromatic heterocycles. The molecule has 6 heteroatoms. The zero-order valence-corrected chi connectivity index (χ0v) is 13.0. The lowest BCUT2D eigenvalue weighted by Gasteiger charge is -2.09. The number of hydrogen-bond acceptors (Lipinski definition) is 4. The summed E-state index contributed by atoms with van der Waals surface area (Å²) in [5.74, 6) is 0.350. The first-order chi connectivity index (χ1) is 11.7. The molecule has 0 atom stereocenters. The van der Waals surface area contributed by atoms with Gasteiger partial charge in [0.05, 0.1) is 5.52 Å². The monoisotopic (exact) mass is 324 g/mol. The van der Waals surface area contributed by atoms with E-state index in [1.807, 2.05) is 24.3 Å². The molecule has 1 amide bonds. The van der Waals surface area contributed by atoms with Crippen LogP contribution in [0.15, 0.2) is 54.9 Å². The van der Waals surface area contributed by atoms with E-state index in [1.54, 1.807) is 12.1 Å². The van der Waals surface area contributed by atoms with Crippen LogP contribution in [0, 0.1) is 5.82 Å². The minimum Gasteiger partial charge on any atom is -0.369 e. The van der Waals surface area contributed by atoms with Crippen LogP contribution >= 0.6 is 0 Å². The lowest BCUT2D eigenvalue weighted by molar-refractivity contribution is -0.121. The van der Waals surface area contributed by atoms with Crippen molar-refractivity contribution >= 4 is 22.6 Å². The summed E-state index contributed by atoms with van der Waals surface area (Å²) in [5, 5.41) is 6.89. The van der Waals surface area contributed by atoms with E-state index < -0.39 is 0 Å². The van der Waals surface area contributed by atoms with Gasteiger partial charge in [-0.25, -0.2) is 14.4 Å². The molecule has 0 radical (unpaired) electrons. The molecule has 24 heavy (non-hydrogen) atoms. The van der Waals surface area contributed by atoms with Crippen molar-refractivity contribution in [2.75, 3.05) is 11.9 Å². The Bertz CT molecular complexity index is 831. The van der Waals surface area contributed by atoms with E-state index in [1.165, 1.54) is 18.5 Å². The third-order valence-corrected chi connectivity index (χ3v) is 3.59. The lowest BCUT2D eigenvalue weighted by Crippen LogP contribution is -2.25. The predicted molar refractivity (Wildman–Crippen MR) is 90.9 cm³/mol. The van der Waals surface area contributed by atoms with Gasteiger partial charge in [0.25, 0.3) is 0 Å². The molecule has 0 aliphatic rings. The molecule has 0 fully saturated rings. The van der Waals surface area contributed by atoms with Gasteiger partial charge in [-0.05, 0) is 29.8 Å². The topological polar surface area (TPSA) is 66.9 Å². The van der Waals surface area contributed by atoms with Crippen molar-refractivity contribution < 1.29 is 9.18 Å². The SMILES string of the molecule is O=C(CCNc1ncnc2ccccc12)NCc1ccc(F)cc1. The van der Waals surface area contributed by atoms with Gasteiger partial charge in [0.1, 0.15) is 18.0 Å². The second kappa shape index (κ2) is 7.50. The molecule has 2 aromatic carbocycles. The Kier molecular flexibility index (Phi) is 4.96. The number of hydrogen-bond donors (Lipinski definition) is 2. The minimum absolute atomic E-state index is 0.0785. The fourth-order valence-electron chi connectivity index (χ4n) is 2.33. The number of benzene rings is 2. The highest BCUT2D eigenvalue weighted by Gasteiger charge is 2.05. The Hall–Kier alpha value is -3.02. The summed E-state index contributed by atoms with van der Waals surface area (Å²) in [6.45, 7) is 0.853. The van der Waals surface area contributed by atoms with Crippen molar-refractivity contribution in [1.82, 2.24) is 15.3 Å². The first kappa shape index (κ1) is 15.9. The standard InChI is InChI=1S/C18H17FN4O/c19-14-7-5-13(6-8-14)11-21-17(24)9-10-20-18-15-3-1-2-4-16(15)22-12-23-18/h1-8,12H,9-11H2,(H,21,24)(H,20,22,23). The number of anilines is 1. The zero-order chi connectivity index (χ0) is 16.8. The molecule has 3 aromatic rings. The Balaban J connectivity index is 1.48. The highest BCUT2D eigenvalue weighted by Crippen LogP contribution is 2.17. The number of carbonyl (C=O) groups is 1. The highest BCUT2D eigenvalue weighted by atomic mass is 19.1. The molecule has 0 saturated carbocycles. The van der Waals surface area contributed by atoms with Crippen LogP contribution in [0.2, 0.25) is 0 Å². The Morgan fingerprint density at radius 3 is 2.67 bits per heavy atom.